The first-order chi connectivity index (χ1) is 9.70. The monoisotopic (exact) mass is 262 g/mol. The minimum Gasteiger partial charge on any atom is -0.398 e. The topological polar surface area (TPSA) is 67.6 Å². The maximum absolute atomic E-state index is 9.04. The van der Waals surface area contributed by atoms with E-state index in [0.717, 1.165) is 33.7 Å². The Balaban J connectivity index is 2.27. The lowest BCUT2D eigenvalue weighted by Crippen LogP contribution is -1.99. The molecule has 0 aliphatic rings. The summed E-state index contributed by atoms with van der Waals surface area (Å²) in [5.74, 6) is 0.777. The van der Waals surface area contributed by atoms with E-state index in [2.05, 4.69) is 11.1 Å². The third-order valence-electron chi connectivity index (χ3n) is 3.42. The van der Waals surface area contributed by atoms with Gasteiger partial charge in [0.05, 0.1) is 17.1 Å². The lowest BCUT2D eigenvalue weighted by molar-refractivity contribution is 0.870. The first-order valence-electron chi connectivity index (χ1n) is 6.39. The SMILES string of the molecule is Cc1ccc(-c2nc3ccccc3n2CC#N)cc1N. The highest BCUT2D eigenvalue weighted by molar-refractivity contribution is 5.81. The molecule has 1 aromatic heterocycles. The number of hydrogen-bond donors (Lipinski definition) is 1. The molecule has 98 valence electrons. The number of nitrogens with zero attached hydrogens (tertiary/aromatic N) is 3. The summed E-state index contributed by atoms with van der Waals surface area (Å²) in [7, 11) is 0. The van der Waals surface area contributed by atoms with Crippen LogP contribution >= 0.6 is 0 Å². The third-order valence-corrected chi connectivity index (χ3v) is 3.42. The quantitative estimate of drug-likeness (QED) is 0.721. The number of aromatic nitrogens is 2. The molecule has 1 heterocycles. The van der Waals surface area contributed by atoms with E-state index < -0.39 is 0 Å². The molecule has 0 aliphatic heterocycles. The van der Waals surface area contributed by atoms with Crippen LogP contribution in [0.4, 0.5) is 5.69 Å². The molecule has 0 spiro atoms. The van der Waals surface area contributed by atoms with E-state index in [4.69, 9.17) is 11.0 Å². The molecule has 0 saturated carbocycles. The number of anilines is 1. The maximum atomic E-state index is 9.04. The number of rotatable bonds is 2. The molecule has 20 heavy (non-hydrogen) atoms. The first kappa shape index (κ1) is 12.2. The predicted molar refractivity (Wildman–Crippen MR) is 79.9 cm³/mol. The van der Waals surface area contributed by atoms with Crippen LogP contribution < -0.4 is 5.73 Å². The Hall–Kier alpha value is -2.80. The highest BCUT2D eigenvalue weighted by Gasteiger charge is 2.12. The molecule has 3 rings (SSSR count). The molecule has 4 heteroatoms. The number of nitriles is 1. The summed E-state index contributed by atoms with van der Waals surface area (Å²) in [6.45, 7) is 2.24. The summed E-state index contributed by atoms with van der Waals surface area (Å²) < 4.78 is 1.92. The Labute approximate surface area is 117 Å². The van der Waals surface area contributed by atoms with E-state index in [0.29, 0.717) is 0 Å². The van der Waals surface area contributed by atoms with Crippen LogP contribution in [-0.4, -0.2) is 9.55 Å². The Morgan fingerprint density at radius 2 is 2.05 bits per heavy atom. The van der Waals surface area contributed by atoms with E-state index in [9.17, 15) is 0 Å². The van der Waals surface area contributed by atoms with Gasteiger partial charge >= 0.3 is 0 Å². The fourth-order valence-electron chi connectivity index (χ4n) is 2.31. The zero-order chi connectivity index (χ0) is 14.1. The number of benzene rings is 2. The molecular formula is C16H14N4. The molecule has 0 bridgehead atoms. The van der Waals surface area contributed by atoms with Gasteiger partial charge in [-0.05, 0) is 30.7 Å². The van der Waals surface area contributed by atoms with Crippen LogP contribution in [0.5, 0.6) is 0 Å². The number of imidazole rings is 1. The fraction of sp³-hybridized carbons (Fsp3) is 0.125. The molecule has 4 nitrogen and oxygen atoms in total. The van der Waals surface area contributed by atoms with Gasteiger partial charge in [-0.25, -0.2) is 4.98 Å². The van der Waals surface area contributed by atoms with Crippen molar-refractivity contribution in [3.05, 3.63) is 48.0 Å². The molecule has 3 aromatic rings. The third kappa shape index (κ3) is 1.90. The van der Waals surface area contributed by atoms with Crippen molar-refractivity contribution < 1.29 is 0 Å². The Morgan fingerprint density at radius 1 is 1.25 bits per heavy atom. The Morgan fingerprint density at radius 3 is 2.80 bits per heavy atom. The van der Waals surface area contributed by atoms with Gasteiger partial charge in [0.15, 0.2) is 0 Å². The summed E-state index contributed by atoms with van der Waals surface area (Å²) >= 11 is 0. The summed E-state index contributed by atoms with van der Waals surface area (Å²) in [5, 5.41) is 9.04. The lowest BCUT2D eigenvalue weighted by Gasteiger charge is -2.07. The van der Waals surface area contributed by atoms with Crippen molar-refractivity contribution in [3.63, 3.8) is 0 Å². The zero-order valence-corrected chi connectivity index (χ0v) is 11.2. The van der Waals surface area contributed by atoms with Gasteiger partial charge in [-0.1, -0.05) is 24.3 Å². The molecule has 0 atom stereocenters. The molecule has 2 N–H and O–H groups in total. The number of hydrogen-bond acceptors (Lipinski definition) is 3. The summed E-state index contributed by atoms with van der Waals surface area (Å²) in [6.07, 6.45) is 0. The molecule has 0 fully saturated rings. The summed E-state index contributed by atoms with van der Waals surface area (Å²) in [5.41, 5.74) is 10.5. The Bertz CT molecular complexity index is 824. The smallest absolute Gasteiger partial charge is 0.142 e. The van der Waals surface area contributed by atoms with Crippen LogP contribution in [0.25, 0.3) is 22.4 Å². The lowest BCUT2D eigenvalue weighted by atomic mass is 10.1. The molecule has 0 radical (unpaired) electrons. The van der Waals surface area contributed by atoms with Gasteiger partial charge in [0.1, 0.15) is 12.4 Å². The van der Waals surface area contributed by atoms with Crippen LogP contribution in [0.3, 0.4) is 0 Å². The highest BCUT2D eigenvalue weighted by Crippen LogP contribution is 2.27. The molecule has 2 aromatic carbocycles. The average molecular weight is 262 g/mol. The van der Waals surface area contributed by atoms with Crippen molar-refractivity contribution in [2.75, 3.05) is 5.73 Å². The van der Waals surface area contributed by atoms with Gasteiger partial charge in [-0.2, -0.15) is 5.26 Å². The number of aryl methyl sites for hydroxylation is 1. The minimum atomic E-state index is 0.267. The molecule has 0 unspecified atom stereocenters. The van der Waals surface area contributed by atoms with Crippen molar-refractivity contribution in [2.24, 2.45) is 0 Å². The minimum absolute atomic E-state index is 0.267. The number of nitrogens with two attached hydrogens (primary N) is 1. The van der Waals surface area contributed by atoms with Crippen molar-refractivity contribution in [1.82, 2.24) is 9.55 Å². The van der Waals surface area contributed by atoms with Gasteiger partial charge in [-0.3, -0.25) is 0 Å². The molecule has 0 saturated heterocycles. The standard InChI is InChI=1S/C16H14N4/c1-11-6-7-12(10-13(11)18)16-19-14-4-2-3-5-15(14)20(16)9-8-17/h2-7,10H,9,18H2,1H3. The van der Waals surface area contributed by atoms with E-state index in [-0.39, 0.29) is 6.54 Å². The molecule has 0 amide bonds. The van der Waals surface area contributed by atoms with Crippen molar-refractivity contribution in [3.8, 4) is 17.5 Å². The first-order valence-corrected chi connectivity index (χ1v) is 6.39. The summed E-state index contributed by atoms with van der Waals surface area (Å²) in [4.78, 5) is 4.63. The molecular weight excluding hydrogens is 248 g/mol. The van der Waals surface area contributed by atoms with Crippen molar-refractivity contribution >= 4 is 16.7 Å². The van der Waals surface area contributed by atoms with E-state index in [1.54, 1.807) is 0 Å². The number of para-hydroxylation sites is 2. The van der Waals surface area contributed by atoms with Gasteiger partial charge in [-0.15, -0.1) is 0 Å². The fourth-order valence-corrected chi connectivity index (χ4v) is 2.31. The second kappa shape index (κ2) is 4.71. The second-order valence-corrected chi connectivity index (χ2v) is 4.74. The predicted octanol–water partition coefficient (Wildman–Crippen LogP) is 3.12. The van der Waals surface area contributed by atoms with Gasteiger partial charge < -0.3 is 10.3 Å². The van der Waals surface area contributed by atoms with E-state index in [1.165, 1.54) is 0 Å². The largest absolute Gasteiger partial charge is 0.398 e. The average Bonchev–Trinajstić information content (AvgIpc) is 2.82. The molecule has 0 aliphatic carbocycles. The van der Waals surface area contributed by atoms with E-state index >= 15 is 0 Å². The Kier molecular flexibility index (Phi) is 2.88. The normalized spacial score (nSPS) is 10.6. The van der Waals surface area contributed by atoms with E-state index in [1.807, 2.05) is 54.0 Å². The van der Waals surface area contributed by atoms with Crippen LogP contribution in [-0.2, 0) is 6.54 Å². The zero-order valence-electron chi connectivity index (χ0n) is 11.2. The summed E-state index contributed by atoms with van der Waals surface area (Å²) in [6, 6.07) is 15.9. The van der Waals surface area contributed by atoms with Crippen molar-refractivity contribution in [2.45, 2.75) is 13.5 Å². The highest BCUT2D eigenvalue weighted by atomic mass is 15.1. The van der Waals surface area contributed by atoms with Crippen LogP contribution in [0.15, 0.2) is 42.5 Å². The second-order valence-electron chi connectivity index (χ2n) is 4.74. The number of nitrogen functional groups attached to an aromatic ring is 1. The van der Waals surface area contributed by atoms with Gasteiger partial charge in [0, 0.05) is 11.3 Å². The number of fused-ring (bicyclic) bond motifs is 1. The maximum Gasteiger partial charge on any atom is 0.142 e. The van der Waals surface area contributed by atoms with Crippen LogP contribution in [0.1, 0.15) is 5.56 Å². The van der Waals surface area contributed by atoms with Gasteiger partial charge in [0.25, 0.3) is 0 Å². The van der Waals surface area contributed by atoms with Crippen LogP contribution in [0, 0.1) is 18.3 Å². The van der Waals surface area contributed by atoms with Gasteiger partial charge in [0.2, 0.25) is 0 Å². The van der Waals surface area contributed by atoms with Crippen molar-refractivity contribution in [1.29, 1.82) is 5.26 Å². The van der Waals surface area contributed by atoms with Crippen LogP contribution in [0.2, 0.25) is 0 Å².